The molecule has 142 valence electrons. The van der Waals surface area contributed by atoms with Crippen LogP contribution in [0.15, 0.2) is 12.1 Å². The highest BCUT2D eigenvalue weighted by Gasteiger charge is 2.36. The van der Waals surface area contributed by atoms with Gasteiger partial charge in [0.25, 0.3) is 5.91 Å². The monoisotopic (exact) mass is 370 g/mol. The number of hydrogen-bond acceptors (Lipinski definition) is 4. The molecule has 2 aromatic rings. The third kappa shape index (κ3) is 3.53. The lowest BCUT2D eigenvalue weighted by Gasteiger charge is -2.39. The quantitative estimate of drug-likeness (QED) is 0.815. The van der Waals surface area contributed by atoms with Crippen LogP contribution >= 0.6 is 0 Å². The molecule has 0 aliphatic carbocycles. The maximum Gasteiger partial charge on any atom is 0.433 e. The van der Waals surface area contributed by atoms with E-state index in [1.54, 1.807) is 7.05 Å². The molecule has 1 aliphatic rings. The molecule has 0 radical (unpaired) electrons. The smallest absolute Gasteiger partial charge is 0.375 e. The zero-order valence-corrected chi connectivity index (χ0v) is 15.1. The number of ether oxygens (including phenoxy) is 1. The molecule has 0 spiro atoms. The number of hydrogen-bond donors (Lipinski definition) is 0. The van der Waals surface area contributed by atoms with Crippen LogP contribution in [0.5, 0.6) is 0 Å². The van der Waals surface area contributed by atoms with Crippen molar-refractivity contribution in [2.45, 2.75) is 51.4 Å². The molecule has 3 rings (SSSR count). The van der Waals surface area contributed by atoms with Gasteiger partial charge in [-0.15, -0.1) is 0 Å². The van der Waals surface area contributed by atoms with Crippen molar-refractivity contribution in [1.82, 2.24) is 19.5 Å². The zero-order chi connectivity index (χ0) is 19.3. The van der Waals surface area contributed by atoms with Gasteiger partial charge in [0.15, 0.2) is 11.3 Å². The highest BCUT2D eigenvalue weighted by Crippen LogP contribution is 2.30. The number of aromatic nitrogens is 3. The summed E-state index contributed by atoms with van der Waals surface area (Å²) in [7, 11) is 1.64. The summed E-state index contributed by atoms with van der Waals surface area (Å²) in [4.78, 5) is 18.4. The van der Waals surface area contributed by atoms with Crippen molar-refractivity contribution >= 4 is 11.6 Å². The second kappa shape index (κ2) is 6.22. The van der Waals surface area contributed by atoms with Gasteiger partial charge in [-0.25, -0.2) is 9.50 Å². The van der Waals surface area contributed by atoms with Gasteiger partial charge >= 0.3 is 6.18 Å². The zero-order valence-electron chi connectivity index (χ0n) is 15.1. The van der Waals surface area contributed by atoms with Crippen molar-refractivity contribution in [3.63, 3.8) is 0 Å². The van der Waals surface area contributed by atoms with Gasteiger partial charge in [-0.2, -0.15) is 18.3 Å². The minimum atomic E-state index is -4.59. The number of carbonyl (C=O) groups excluding carboxylic acids is 1. The van der Waals surface area contributed by atoms with Crippen molar-refractivity contribution in [2.75, 3.05) is 13.7 Å². The molecule has 0 N–H and O–H groups in total. The topological polar surface area (TPSA) is 59.7 Å². The van der Waals surface area contributed by atoms with E-state index in [0.717, 1.165) is 6.07 Å². The number of rotatable bonds is 2. The second-order valence-corrected chi connectivity index (χ2v) is 7.25. The summed E-state index contributed by atoms with van der Waals surface area (Å²) in [6.07, 6.45) is -3.27. The van der Waals surface area contributed by atoms with Crippen molar-refractivity contribution in [2.24, 2.45) is 0 Å². The van der Waals surface area contributed by atoms with Crippen LogP contribution < -0.4 is 0 Å². The van der Waals surface area contributed by atoms with Gasteiger partial charge in [0.05, 0.1) is 5.60 Å². The molecule has 0 aromatic carbocycles. The fourth-order valence-electron chi connectivity index (χ4n) is 3.28. The molecule has 1 amide bonds. The van der Waals surface area contributed by atoms with Crippen LogP contribution in [0.25, 0.3) is 5.65 Å². The number of alkyl halides is 3. The summed E-state index contributed by atoms with van der Waals surface area (Å²) >= 11 is 0. The van der Waals surface area contributed by atoms with E-state index in [2.05, 4.69) is 10.1 Å². The maximum absolute atomic E-state index is 13.2. The molecule has 2 aromatic heterocycles. The number of carbonyl (C=O) groups is 1. The van der Waals surface area contributed by atoms with Gasteiger partial charge in [-0.05, 0) is 39.7 Å². The summed E-state index contributed by atoms with van der Waals surface area (Å²) in [5, 5.41) is 3.88. The van der Waals surface area contributed by atoms with Gasteiger partial charge in [0, 0.05) is 31.5 Å². The highest BCUT2D eigenvalue weighted by atomic mass is 19.4. The molecule has 1 fully saturated rings. The molecule has 1 atom stereocenters. The van der Waals surface area contributed by atoms with Gasteiger partial charge in [-0.3, -0.25) is 4.79 Å². The van der Waals surface area contributed by atoms with Gasteiger partial charge in [-0.1, -0.05) is 0 Å². The van der Waals surface area contributed by atoms with Crippen LogP contribution in [0.1, 0.15) is 48.6 Å². The third-order valence-corrected chi connectivity index (χ3v) is 4.60. The largest absolute Gasteiger partial charge is 0.433 e. The van der Waals surface area contributed by atoms with Crippen molar-refractivity contribution in [1.29, 1.82) is 0 Å². The molecule has 0 bridgehead atoms. The van der Waals surface area contributed by atoms with E-state index >= 15 is 0 Å². The van der Waals surface area contributed by atoms with Crippen LogP contribution in [0, 0.1) is 6.92 Å². The maximum atomic E-state index is 13.2. The Morgan fingerprint density at radius 3 is 2.69 bits per heavy atom. The third-order valence-electron chi connectivity index (χ3n) is 4.60. The number of halogens is 3. The van der Waals surface area contributed by atoms with Crippen LogP contribution in [-0.2, 0) is 10.9 Å². The average molecular weight is 370 g/mol. The lowest BCUT2D eigenvalue weighted by atomic mass is 9.93. The first-order chi connectivity index (χ1) is 12.0. The minimum Gasteiger partial charge on any atom is -0.375 e. The highest BCUT2D eigenvalue weighted by molar-refractivity contribution is 5.93. The molecule has 9 heteroatoms. The number of nitrogens with zero attached hydrogens (tertiary/aromatic N) is 4. The normalized spacial score (nSPS) is 20.3. The van der Waals surface area contributed by atoms with E-state index in [1.807, 2.05) is 13.8 Å². The Bertz CT molecular complexity index is 844. The SMILES string of the molecule is Cc1cc(C(F)(F)F)n2nc(C(=O)N(C)[C@@H]3CCOC(C)(C)C3)cc2n1. The lowest BCUT2D eigenvalue weighted by molar-refractivity contribution is -0.142. The fourth-order valence-corrected chi connectivity index (χ4v) is 3.28. The molecule has 3 heterocycles. The Morgan fingerprint density at radius 2 is 2.08 bits per heavy atom. The van der Waals surface area contributed by atoms with Crippen molar-refractivity contribution < 1.29 is 22.7 Å². The lowest BCUT2D eigenvalue weighted by Crippen LogP contribution is -2.46. The molecule has 0 unspecified atom stereocenters. The molecule has 0 saturated carbocycles. The first-order valence-corrected chi connectivity index (χ1v) is 8.34. The predicted octanol–water partition coefficient (Wildman–Crippen LogP) is 3.09. The Kier molecular flexibility index (Phi) is 4.46. The van der Waals surface area contributed by atoms with Gasteiger partial charge in [0.2, 0.25) is 0 Å². The van der Waals surface area contributed by atoms with Crippen LogP contribution in [0.3, 0.4) is 0 Å². The van der Waals surface area contributed by atoms with Gasteiger partial charge < -0.3 is 9.64 Å². The molecular formula is C17H21F3N4O2. The molecular weight excluding hydrogens is 349 g/mol. The van der Waals surface area contributed by atoms with Crippen LogP contribution in [-0.4, -0.2) is 50.7 Å². The number of aryl methyl sites for hydroxylation is 1. The summed E-state index contributed by atoms with van der Waals surface area (Å²) in [6.45, 7) is 5.90. The van der Waals surface area contributed by atoms with Crippen LogP contribution in [0.2, 0.25) is 0 Å². The predicted molar refractivity (Wildman–Crippen MR) is 87.9 cm³/mol. The second-order valence-electron chi connectivity index (χ2n) is 7.25. The van der Waals surface area contributed by atoms with E-state index in [-0.39, 0.29) is 28.7 Å². The van der Waals surface area contributed by atoms with E-state index in [1.165, 1.54) is 17.9 Å². The first kappa shape index (κ1) is 18.6. The molecule has 6 nitrogen and oxygen atoms in total. The number of amides is 1. The standard InChI is InChI=1S/C17H21F3N4O2/c1-10-7-13(17(18,19)20)24-14(21-10)8-12(22-24)15(25)23(4)11-5-6-26-16(2,3)9-11/h7-8,11H,5-6,9H2,1-4H3/t11-/m1/s1. The molecule has 1 aliphatic heterocycles. The summed E-state index contributed by atoms with van der Waals surface area (Å²) < 4.78 is 46.1. The summed E-state index contributed by atoms with van der Waals surface area (Å²) in [6, 6.07) is 2.15. The minimum absolute atomic E-state index is 0.00128. The van der Waals surface area contributed by atoms with E-state index in [4.69, 9.17) is 4.74 Å². The van der Waals surface area contributed by atoms with E-state index in [0.29, 0.717) is 24.0 Å². The Morgan fingerprint density at radius 1 is 1.38 bits per heavy atom. The Balaban J connectivity index is 1.94. The molecule has 1 saturated heterocycles. The first-order valence-electron chi connectivity index (χ1n) is 8.34. The van der Waals surface area contributed by atoms with Crippen molar-refractivity contribution in [3.05, 3.63) is 29.2 Å². The summed E-state index contributed by atoms with van der Waals surface area (Å²) in [5.74, 6) is -0.427. The van der Waals surface area contributed by atoms with E-state index < -0.39 is 17.8 Å². The molecule has 26 heavy (non-hydrogen) atoms. The van der Waals surface area contributed by atoms with Crippen LogP contribution in [0.4, 0.5) is 13.2 Å². The summed E-state index contributed by atoms with van der Waals surface area (Å²) in [5.41, 5.74) is -1.14. The fraction of sp³-hybridized carbons (Fsp3) is 0.588. The average Bonchev–Trinajstić information content (AvgIpc) is 2.94. The van der Waals surface area contributed by atoms with Gasteiger partial charge in [0.1, 0.15) is 5.69 Å². The van der Waals surface area contributed by atoms with E-state index in [9.17, 15) is 18.0 Å². The number of fused-ring (bicyclic) bond motifs is 1. The Hall–Kier alpha value is -2.16. The van der Waals surface area contributed by atoms with Crippen molar-refractivity contribution in [3.8, 4) is 0 Å². The Labute approximate surface area is 148 Å².